The lowest BCUT2D eigenvalue weighted by Gasteiger charge is -2.18. The first-order valence-electron chi connectivity index (χ1n) is 10.1. The Kier molecular flexibility index (Phi) is 7.51. The summed E-state index contributed by atoms with van der Waals surface area (Å²) in [7, 11) is 0. The summed E-state index contributed by atoms with van der Waals surface area (Å²) in [4.78, 5) is 27.8. The first kappa shape index (κ1) is 24.2. The number of hydrogen-bond acceptors (Lipinski definition) is 4. The smallest absolute Gasteiger partial charge is 0.269 e. The standard InChI is InChI=1S/C25H16Br2FN3O2S/c26-16-3-1-15(2-4-16)13-22-24(33)31(20-11-7-18(28)8-12-20)25(34-22)21(14-29)23(32)30-19-9-5-17(27)6-10-19/h1-12,22H,13H2,(H,30,32)/b25-21-. The van der Waals surface area contributed by atoms with Crippen LogP contribution in [0.3, 0.4) is 0 Å². The lowest BCUT2D eigenvalue weighted by Crippen LogP contribution is -2.30. The van der Waals surface area contributed by atoms with Crippen LogP contribution in [0.2, 0.25) is 0 Å². The number of thioether (sulfide) groups is 1. The zero-order valence-corrected chi connectivity index (χ0v) is 21.5. The lowest BCUT2D eigenvalue weighted by molar-refractivity contribution is -0.117. The summed E-state index contributed by atoms with van der Waals surface area (Å²) >= 11 is 7.90. The molecule has 0 spiro atoms. The van der Waals surface area contributed by atoms with Gasteiger partial charge in [0.1, 0.15) is 22.5 Å². The van der Waals surface area contributed by atoms with E-state index in [1.165, 1.54) is 29.2 Å². The van der Waals surface area contributed by atoms with Gasteiger partial charge in [-0.3, -0.25) is 14.5 Å². The van der Waals surface area contributed by atoms with Crippen LogP contribution >= 0.6 is 43.6 Å². The van der Waals surface area contributed by atoms with E-state index in [9.17, 15) is 19.2 Å². The van der Waals surface area contributed by atoms with E-state index in [1.54, 1.807) is 24.3 Å². The van der Waals surface area contributed by atoms with Crippen LogP contribution in [0.25, 0.3) is 0 Å². The van der Waals surface area contributed by atoms with Gasteiger partial charge < -0.3 is 5.32 Å². The van der Waals surface area contributed by atoms with E-state index >= 15 is 0 Å². The zero-order valence-electron chi connectivity index (χ0n) is 17.5. The summed E-state index contributed by atoms with van der Waals surface area (Å²) in [5.74, 6) is -1.36. The van der Waals surface area contributed by atoms with Gasteiger partial charge in [0, 0.05) is 20.3 Å². The lowest BCUT2D eigenvalue weighted by atomic mass is 10.1. The molecule has 0 bridgehead atoms. The molecule has 0 aromatic heterocycles. The summed E-state index contributed by atoms with van der Waals surface area (Å²) in [6.07, 6.45) is 0.408. The molecule has 1 aliphatic heterocycles. The first-order chi connectivity index (χ1) is 16.4. The summed E-state index contributed by atoms with van der Waals surface area (Å²) in [6, 6.07) is 21.9. The van der Waals surface area contributed by atoms with Crippen molar-refractivity contribution in [3.8, 4) is 6.07 Å². The second-order valence-electron chi connectivity index (χ2n) is 7.34. The van der Waals surface area contributed by atoms with E-state index in [0.717, 1.165) is 26.3 Å². The minimum Gasteiger partial charge on any atom is -0.321 e. The molecule has 1 fully saturated rings. The maximum atomic E-state index is 13.5. The summed E-state index contributed by atoms with van der Waals surface area (Å²) in [5, 5.41) is 12.3. The number of hydrogen-bond donors (Lipinski definition) is 1. The third-order valence-electron chi connectivity index (χ3n) is 5.03. The van der Waals surface area contributed by atoms with Crippen molar-refractivity contribution in [1.82, 2.24) is 0 Å². The fraction of sp³-hybridized carbons (Fsp3) is 0.0800. The number of halogens is 3. The van der Waals surface area contributed by atoms with E-state index < -0.39 is 17.0 Å². The molecule has 4 rings (SSSR count). The highest BCUT2D eigenvalue weighted by Gasteiger charge is 2.40. The molecule has 5 nitrogen and oxygen atoms in total. The minimum absolute atomic E-state index is 0.191. The van der Waals surface area contributed by atoms with Gasteiger partial charge in [0.15, 0.2) is 0 Å². The fourth-order valence-electron chi connectivity index (χ4n) is 3.37. The summed E-state index contributed by atoms with van der Waals surface area (Å²) in [5.41, 5.74) is 1.64. The largest absolute Gasteiger partial charge is 0.321 e. The Morgan fingerprint density at radius 2 is 1.59 bits per heavy atom. The molecule has 1 saturated heterocycles. The molecule has 3 aromatic carbocycles. The molecule has 2 amide bonds. The highest BCUT2D eigenvalue weighted by atomic mass is 79.9. The number of nitrogens with zero attached hydrogens (tertiary/aromatic N) is 2. The Morgan fingerprint density at radius 1 is 1.00 bits per heavy atom. The van der Waals surface area contributed by atoms with Gasteiger partial charge in [-0.05, 0) is 72.6 Å². The molecular weight excluding hydrogens is 585 g/mol. The molecule has 0 aliphatic carbocycles. The SMILES string of the molecule is N#C/C(C(=O)Nc1ccc(Br)cc1)=C1/SC(Cc2ccc(Br)cc2)C(=O)N1c1ccc(F)cc1. The highest BCUT2D eigenvalue weighted by Crippen LogP contribution is 2.42. The van der Waals surface area contributed by atoms with E-state index in [2.05, 4.69) is 37.2 Å². The highest BCUT2D eigenvalue weighted by molar-refractivity contribution is 9.10. The minimum atomic E-state index is -0.628. The molecule has 170 valence electrons. The molecule has 3 aromatic rings. The summed E-state index contributed by atoms with van der Waals surface area (Å²) < 4.78 is 15.3. The Hall–Kier alpha value is -2.93. The first-order valence-corrected chi connectivity index (χ1v) is 12.5. The maximum Gasteiger partial charge on any atom is 0.269 e. The number of anilines is 2. The van der Waals surface area contributed by atoms with Crippen molar-refractivity contribution in [2.24, 2.45) is 0 Å². The molecule has 0 radical (unpaired) electrons. The van der Waals surface area contributed by atoms with Gasteiger partial charge in [-0.15, -0.1) is 0 Å². The average molecular weight is 601 g/mol. The van der Waals surface area contributed by atoms with Crippen molar-refractivity contribution in [2.45, 2.75) is 11.7 Å². The van der Waals surface area contributed by atoms with Gasteiger partial charge in [0.25, 0.3) is 5.91 Å². The van der Waals surface area contributed by atoms with Crippen molar-refractivity contribution in [2.75, 3.05) is 10.2 Å². The number of nitriles is 1. The number of rotatable bonds is 5. The van der Waals surface area contributed by atoms with Crippen molar-refractivity contribution >= 4 is 66.8 Å². The Bertz CT molecular complexity index is 1300. The van der Waals surface area contributed by atoms with Crippen LogP contribution in [-0.4, -0.2) is 17.1 Å². The number of nitrogens with one attached hydrogen (secondary N) is 1. The quantitative estimate of drug-likeness (QED) is 0.271. The molecular formula is C25H16Br2FN3O2S. The Balaban J connectivity index is 1.71. The predicted molar refractivity (Wildman–Crippen MR) is 139 cm³/mol. The van der Waals surface area contributed by atoms with Crippen molar-refractivity contribution in [3.05, 3.63) is 104 Å². The monoisotopic (exact) mass is 599 g/mol. The third-order valence-corrected chi connectivity index (χ3v) is 7.35. The van der Waals surface area contributed by atoms with Crippen LogP contribution < -0.4 is 10.2 Å². The van der Waals surface area contributed by atoms with E-state index in [1.807, 2.05) is 30.3 Å². The second-order valence-corrected chi connectivity index (χ2v) is 10.4. The predicted octanol–water partition coefficient (Wildman–Crippen LogP) is 6.42. The average Bonchev–Trinajstić information content (AvgIpc) is 3.13. The van der Waals surface area contributed by atoms with Crippen molar-refractivity contribution in [3.63, 3.8) is 0 Å². The Labute approximate surface area is 216 Å². The van der Waals surface area contributed by atoms with Crippen molar-refractivity contribution in [1.29, 1.82) is 5.26 Å². The van der Waals surface area contributed by atoms with Crippen LogP contribution in [0, 0.1) is 17.1 Å². The normalized spacial score (nSPS) is 16.8. The number of carbonyl (C=O) groups is 2. The van der Waals surface area contributed by atoms with Crippen LogP contribution in [-0.2, 0) is 16.0 Å². The van der Waals surface area contributed by atoms with E-state index in [4.69, 9.17) is 0 Å². The zero-order chi connectivity index (χ0) is 24.2. The molecule has 9 heteroatoms. The van der Waals surface area contributed by atoms with Gasteiger partial charge >= 0.3 is 0 Å². The van der Waals surface area contributed by atoms with Crippen LogP contribution in [0.4, 0.5) is 15.8 Å². The maximum absolute atomic E-state index is 13.5. The van der Waals surface area contributed by atoms with Gasteiger partial charge in [-0.1, -0.05) is 55.8 Å². The Morgan fingerprint density at radius 3 is 2.18 bits per heavy atom. The molecule has 0 saturated carbocycles. The molecule has 1 atom stereocenters. The second kappa shape index (κ2) is 10.6. The van der Waals surface area contributed by atoms with Crippen molar-refractivity contribution < 1.29 is 14.0 Å². The van der Waals surface area contributed by atoms with Crippen LogP contribution in [0.5, 0.6) is 0 Å². The number of benzene rings is 3. The van der Waals surface area contributed by atoms with E-state index in [0.29, 0.717) is 17.8 Å². The molecule has 1 aliphatic rings. The third kappa shape index (κ3) is 5.41. The summed E-state index contributed by atoms with van der Waals surface area (Å²) in [6.45, 7) is 0. The fourth-order valence-corrected chi connectivity index (χ4v) is 5.21. The van der Waals surface area contributed by atoms with Gasteiger partial charge in [-0.25, -0.2) is 4.39 Å². The molecule has 1 N–H and O–H groups in total. The number of amides is 2. The van der Waals surface area contributed by atoms with Crippen LogP contribution in [0.15, 0.2) is 92.3 Å². The topological polar surface area (TPSA) is 73.2 Å². The number of carbonyl (C=O) groups excluding carboxylic acids is 2. The molecule has 1 heterocycles. The van der Waals surface area contributed by atoms with Gasteiger partial charge in [0.05, 0.1) is 5.25 Å². The molecule has 1 unspecified atom stereocenters. The van der Waals surface area contributed by atoms with Gasteiger partial charge in [-0.2, -0.15) is 5.26 Å². The molecule has 34 heavy (non-hydrogen) atoms. The van der Waals surface area contributed by atoms with Gasteiger partial charge in [0.2, 0.25) is 5.91 Å². The van der Waals surface area contributed by atoms with E-state index in [-0.39, 0.29) is 16.5 Å². The van der Waals surface area contributed by atoms with Crippen LogP contribution in [0.1, 0.15) is 5.56 Å².